The molecule has 1 spiro atoms. The van der Waals surface area contributed by atoms with Crippen LogP contribution in [0.3, 0.4) is 0 Å². The van der Waals surface area contributed by atoms with Gasteiger partial charge < -0.3 is 29.7 Å². The molecule has 3 aromatic rings. The van der Waals surface area contributed by atoms with Gasteiger partial charge in [0.05, 0.1) is 19.4 Å². The van der Waals surface area contributed by atoms with Crippen molar-refractivity contribution >= 4 is 30.9 Å². The van der Waals surface area contributed by atoms with E-state index in [4.69, 9.17) is 21.1 Å². The number of aromatic nitrogens is 1. The summed E-state index contributed by atoms with van der Waals surface area (Å²) < 4.78 is 23.8. The van der Waals surface area contributed by atoms with Gasteiger partial charge in [0.25, 0.3) is 0 Å². The summed E-state index contributed by atoms with van der Waals surface area (Å²) in [7, 11) is -4.18. The Balaban J connectivity index is 1.24. The molecule has 6 rings (SSSR count). The van der Waals surface area contributed by atoms with Gasteiger partial charge in [0, 0.05) is 28.2 Å². The topological polar surface area (TPSA) is 138 Å². The van der Waals surface area contributed by atoms with Crippen LogP contribution in [0.15, 0.2) is 54.7 Å². The average molecular weight is 697 g/mol. The number of anilines is 1. The molecule has 0 amide bonds. The maximum atomic E-state index is 12.9. The van der Waals surface area contributed by atoms with E-state index in [1.807, 2.05) is 36.5 Å². The third-order valence-electron chi connectivity index (χ3n) is 10.9. The van der Waals surface area contributed by atoms with E-state index in [2.05, 4.69) is 30.2 Å². The molecule has 9 nitrogen and oxygen atoms in total. The summed E-state index contributed by atoms with van der Waals surface area (Å²) in [5, 5.41) is 14.4. The first kappa shape index (κ1) is 34.8. The minimum absolute atomic E-state index is 0.0864. The van der Waals surface area contributed by atoms with Crippen LogP contribution in [0.4, 0.5) is 5.69 Å². The molecule has 1 aromatic heterocycles. The van der Waals surface area contributed by atoms with E-state index in [0.717, 1.165) is 49.1 Å². The molecule has 1 saturated carbocycles. The molecule has 4 N–H and O–H groups in total. The molecule has 48 heavy (non-hydrogen) atoms. The third-order valence-corrected chi connectivity index (χ3v) is 11.9. The number of benzene rings is 2. The second kappa shape index (κ2) is 14.0. The number of fused-ring (bicyclic) bond motifs is 3. The van der Waals surface area contributed by atoms with Gasteiger partial charge in [0.1, 0.15) is 17.0 Å². The monoisotopic (exact) mass is 696 g/mol. The molecule has 1 fully saturated rings. The molecular formula is C37H46ClN2O7P. The Labute approximate surface area is 287 Å². The van der Waals surface area contributed by atoms with Gasteiger partial charge in [0.2, 0.25) is 0 Å². The Morgan fingerprint density at radius 2 is 1.92 bits per heavy atom. The zero-order chi connectivity index (χ0) is 34.1. The molecule has 3 aliphatic carbocycles. The minimum atomic E-state index is -4.18. The summed E-state index contributed by atoms with van der Waals surface area (Å²) >= 11 is 6.24. The van der Waals surface area contributed by atoms with E-state index in [1.165, 1.54) is 11.1 Å². The number of halogens is 1. The lowest BCUT2D eigenvalue weighted by Gasteiger charge is -2.47. The predicted octanol–water partition coefficient (Wildman–Crippen LogP) is 7.76. The molecule has 0 unspecified atom stereocenters. The number of ether oxygens (including phenoxy) is 2. The summed E-state index contributed by atoms with van der Waals surface area (Å²) in [6.07, 6.45) is 8.75. The van der Waals surface area contributed by atoms with Gasteiger partial charge in [-0.2, -0.15) is 0 Å². The Morgan fingerprint density at radius 1 is 1.12 bits per heavy atom. The van der Waals surface area contributed by atoms with Crippen molar-refractivity contribution < 1.29 is 33.7 Å². The van der Waals surface area contributed by atoms with Crippen molar-refractivity contribution in [3.8, 4) is 11.5 Å². The fourth-order valence-corrected chi connectivity index (χ4v) is 8.97. The molecular weight excluding hydrogens is 651 g/mol. The van der Waals surface area contributed by atoms with Crippen molar-refractivity contribution in [2.24, 2.45) is 11.8 Å². The van der Waals surface area contributed by atoms with Crippen LogP contribution in [0.2, 0.25) is 5.02 Å². The lowest BCUT2D eigenvalue weighted by Crippen LogP contribution is -2.53. The highest BCUT2D eigenvalue weighted by Gasteiger charge is 2.54. The lowest BCUT2D eigenvalue weighted by molar-refractivity contribution is -0.144. The SMILES string of the molecule is C[C@@H](COc1ccnc2c1[C@H](C)CCC2)C[C@H]1Cc2ccc(OCCP(=O)(O)O)cc2C12CCC(Nc1cccc(Cl)c1)(C(=O)O)CC2. The van der Waals surface area contributed by atoms with Crippen molar-refractivity contribution in [2.75, 3.05) is 24.7 Å². The Bertz CT molecular complexity index is 1690. The fraction of sp³-hybridized carbons (Fsp3) is 0.514. The quantitative estimate of drug-likeness (QED) is 0.140. The Kier molecular flexibility index (Phi) is 10.2. The second-order valence-electron chi connectivity index (χ2n) is 14.3. The molecule has 3 atom stereocenters. The molecule has 2 aromatic carbocycles. The van der Waals surface area contributed by atoms with Gasteiger partial charge in [0.15, 0.2) is 0 Å². The predicted molar refractivity (Wildman–Crippen MR) is 186 cm³/mol. The molecule has 258 valence electrons. The van der Waals surface area contributed by atoms with E-state index in [-0.39, 0.29) is 30.0 Å². The highest BCUT2D eigenvalue weighted by Crippen LogP contribution is 2.57. The van der Waals surface area contributed by atoms with E-state index in [9.17, 15) is 24.3 Å². The Hall–Kier alpha value is -3.10. The van der Waals surface area contributed by atoms with Crippen molar-refractivity contribution in [1.82, 2.24) is 4.98 Å². The normalized spacial score (nSPS) is 25.6. The zero-order valence-electron chi connectivity index (χ0n) is 27.7. The number of carbonyl (C=O) groups is 1. The number of pyridine rings is 1. The molecule has 3 aliphatic rings. The molecule has 0 radical (unpaired) electrons. The Morgan fingerprint density at radius 3 is 2.65 bits per heavy atom. The first-order chi connectivity index (χ1) is 22.9. The summed E-state index contributed by atoms with van der Waals surface area (Å²) in [6, 6.07) is 15.1. The van der Waals surface area contributed by atoms with Crippen LogP contribution >= 0.6 is 19.2 Å². The summed E-state index contributed by atoms with van der Waals surface area (Å²) in [4.78, 5) is 36.2. The van der Waals surface area contributed by atoms with Crippen molar-refractivity contribution in [3.05, 3.63) is 82.1 Å². The molecule has 1 heterocycles. The number of carboxylic acids is 1. The number of rotatable bonds is 12. The first-order valence-electron chi connectivity index (χ1n) is 17.1. The highest BCUT2D eigenvalue weighted by molar-refractivity contribution is 7.51. The summed E-state index contributed by atoms with van der Waals surface area (Å²) in [5.74, 6) is 1.58. The van der Waals surface area contributed by atoms with Gasteiger partial charge in [-0.05, 0) is 128 Å². The fourth-order valence-electron chi connectivity index (χ4n) is 8.45. The highest BCUT2D eigenvalue weighted by atomic mass is 35.5. The van der Waals surface area contributed by atoms with Crippen molar-refractivity contribution in [3.63, 3.8) is 0 Å². The lowest BCUT2D eigenvalue weighted by atomic mass is 9.59. The molecule has 11 heteroatoms. The molecule has 0 aliphatic heterocycles. The second-order valence-corrected chi connectivity index (χ2v) is 16.5. The number of nitrogens with one attached hydrogen (secondary N) is 1. The van der Waals surface area contributed by atoms with Crippen LogP contribution in [0.5, 0.6) is 11.5 Å². The van der Waals surface area contributed by atoms with Crippen LogP contribution in [0, 0.1) is 11.8 Å². The van der Waals surface area contributed by atoms with Gasteiger partial charge in [-0.1, -0.05) is 37.6 Å². The van der Waals surface area contributed by atoms with Crippen molar-refractivity contribution in [2.45, 2.75) is 88.5 Å². The maximum absolute atomic E-state index is 12.9. The largest absolute Gasteiger partial charge is 0.493 e. The van der Waals surface area contributed by atoms with Crippen LogP contribution in [-0.4, -0.2) is 50.8 Å². The number of hydrogen-bond donors (Lipinski definition) is 4. The van der Waals surface area contributed by atoms with Crippen LogP contribution in [-0.2, 0) is 27.6 Å². The average Bonchev–Trinajstić information content (AvgIpc) is 3.32. The van der Waals surface area contributed by atoms with Crippen LogP contribution in [0.1, 0.15) is 87.1 Å². The van der Waals surface area contributed by atoms with Gasteiger partial charge in [-0.3, -0.25) is 9.55 Å². The van der Waals surface area contributed by atoms with Crippen LogP contribution < -0.4 is 14.8 Å². The van der Waals surface area contributed by atoms with Gasteiger partial charge in [-0.25, -0.2) is 4.79 Å². The van der Waals surface area contributed by atoms with E-state index >= 15 is 0 Å². The number of carboxylic acid groups (broad SMARTS) is 1. The van der Waals surface area contributed by atoms with Crippen molar-refractivity contribution in [1.29, 1.82) is 0 Å². The third kappa shape index (κ3) is 7.40. The first-order valence-corrected chi connectivity index (χ1v) is 19.2. The smallest absolute Gasteiger partial charge is 0.329 e. The summed E-state index contributed by atoms with van der Waals surface area (Å²) in [5.41, 5.74) is 4.06. The van der Waals surface area contributed by atoms with E-state index < -0.39 is 19.1 Å². The zero-order valence-corrected chi connectivity index (χ0v) is 29.3. The van der Waals surface area contributed by atoms with E-state index in [0.29, 0.717) is 54.7 Å². The minimum Gasteiger partial charge on any atom is -0.493 e. The van der Waals surface area contributed by atoms with Crippen LogP contribution in [0.25, 0.3) is 0 Å². The standard InChI is InChI=1S/C37H46ClN2O7P/c1-24(23-47-33-11-16-39-32-8-3-5-25(2)34(32)33)19-27-20-26-9-10-30(46-17-18-48(43,44)45)22-31(26)36(27)12-14-37(15-13-36,35(41)42)40-29-7-4-6-28(38)21-29/h4,6-7,9-11,16,21-22,24-25,27,40H,3,5,8,12-15,17-20,23H2,1-2H3,(H,41,42)(H2,43,44,45)/t24-,25-,27+,36?,37?/m1/s1. The molecule has 0 saturated heterocycles. The van der Waals surface area contributed by atoms with Gasteiger partial charge >= 0.3 is 13.6 Å². The number of aryl methyl sites for hydroxylation is 1. The summed E-state index contributed by atoms with van der Waals surface area (Å²) in [6.45, 7) is 4.98. The maximum Gasteiger partial charge on any atom is 0.329 e. The number of aliphatic carboxylic acids is 1. The van der Waals surface area contributed by atoms with E-state index in [1.54, 1.807) is 12.1 Å². The van der Waals surface area contributed by atoms with Gasteiger partial charge in [-0.15, -0.1) is 0 Å². The molecule has 0 bridgehead atoms. The number of hydrogen-bond acceptors (Lipinski definition) is 6. The number of nitrogens with zero attached hydrogens (tertiary/aromatic N) is 1.